The average molecular weight is 381 g/mol. The second-order valence-electron chi connectivity index (χ2n) is 4.05. The number of benzene rings is 2. The van der Waals surface area contributed by atoms with E-state index in [1.54, 1.807) is 24.3 Å². The molecule has 0 aromatic heterocycles. The third kappa shape index (κ3) is 3.80. The maximum Gasteiger partial charge on any atom is 0.308 e. The Morgan fingerprint density at radius 1 is 1.05 bits per heavy atom. The number of esters is 1. The van der Waals surface area contributed by atoms with Gasteiger partial charge in [-0.3, -0.25) is 9.59 Å². The topological polar surface area (TPSA) is 55.4 Å². The number of hydrogen-bond donors (Lipinski definition) is 1. The van der Waals surface area contributed by atoms with Gasteiger partial charge in [-0.05, 0) is 59.0 Å². The van der Waals surface area contributed by atoms with Crippen molar-refractivity contribution in [3.8, 4) is 5.75 Å². The fourth-order valence-electron chi connectivity index (χ4n) is 1.60. The molecule has 102 valence electrons. The van der Waals surface area contributed by atoms with Crippen LogP contribution in [0.3, 0.4) is 0 Å². The Balaban J connectivity index is 2.10. The van der Waals surface area contributed by atoms with E-state index in [9.17, 15) is 9.59 Å². The lowest BCUT2D eigenvalue weighted by atomic mass is 10.2. The molecule has 0 heterocycles. The summed E-state index contributed by atoms with van der Waals surface area (Å²) >= 11 is 2.16. The molecule has 0 aliphatic heterocycles. The zero-order valence-electron chi connectivity index (χ0n) is 10.7. The van der Waals surface area contributed by atoms with E-state index in [1.165, 1.54) is 6.92 Å². The van der Waals surface area contributed by atoms with Crippen molar-refractivity contribution in [2.24, 2.45) is 0 Å². The molecule has 0 unspecified atom stereocenters. The number of para-hydroxylation sites is 1. The van der Waals surface area contributed by atoms with Crippen molar-refractivity contribution in [2.75, 3.05) is 5.32 Å². The van der Waals surface area contributed by atoms with Gasteiger partial charge in [0, 0.05) is 16.1 Å². The molecule has 0 fully saturated rings. The number of halogens is 1. The maximum atomic E-state index is 12.1. The molecule has 0 aliphatic carbocycles. The predicted octanol–water partition coefficient (Wildman–Crippen LogP) is 3.47. The number of carbonyl (C=O) groups is 2. The number of carbonyl (C=O) groups excluding carboxylic acids is 2. The second kappa shape index (κ2) is 6.51. The molecule has 2 rings (SSSR count). The van der Waals surface area contributed by atoms with Crippen LogP contribution in [0, 0.1) is 3.57 Å². The standard InChI is InChI=1S/C15H12INO3/c1-10(18)20-12-8-6-11(7-9-12)15(19)17-14-5-3-2-4-13(14)16/h2-9H,1H3,(H,17,19). The van der Waals surface area contributed by atoms with Gasteiger partial charge < -0.3 is 10.1 Å². The van der Waals surface area contributed by atoms with Gasteiger partial charge in [-0.25, -0.2) is 0 Å². The lowest BCUT2D eigenvalue weighted by Crippen LogP contribution is -2.12. The highest BCUT2D eigenvalue weighted by Crippen LogP contribution is 2.19. The van der Waals surface area contributed by atoms with E-state index in [-0.39, 0.29) is 11.9 Å². The summed E-state index contributed by atoms with van der Waals surface area (Å²) in [6, 6.07) is 13.9. The molecular weight excluding hydrogens is 369 g/mol. The van der Waals surface area contributed by atoms with Crippen molar-refractivity contribution >= 4 is 40.2 Å². The second-order valence-corrected chi connectivity index (χ2v) is 5.21. The Morgan fingerprint density at radius 3 is 2.30 bits per heavy atom. The average Bonchev–Trinajstić information content (AvgIpc) is 2.41. The molecule has 0 saturated carbocycles. The molecular formula is C15H12INO3. The van der Waals surface area contributed by atoms with Gasteiger partial charge in [0.05, 0.1) is 5.69 Å². The Kier molecular flexibility index (Phi) is 4.73. The fraction of sp³-hybridized carbons (Fsp3) is 0.0667. The van der Waals surface area contributed by atoms with Gasteiger partial charge in [-0.2, -0.15) is 0 Å². The number of amides is 1. The minimum Gasteiger partial charge on any atom is -0.427 e. The van der Waals surface area contributed by atoms with Gasteiger partial charge >= 0.3 is 5.97 Å². The first kappa shape index (κ1) is 14.5. The largest absolute Gasteiger partial charge is 0.427 e. The molecule has 20 heavy (non-hydrogen) atoms. The molecule has 0 saturated heterocycles. The molecule has 2 aromatic rings. The first-order chi connectivity index (χ1) is 9.56. The summed E-state index contributed by atoms with van der Waals surface area (Å²) in [4.78, 5) is 22.9. The Bertz CT molecular complexity index is 638. The zero-order valence-corrected chi connectivity index (χ0v) is 12.9. The molecule has 0 atom stereocenters. The highest BCUT2D eigenvalue weighted by Gasteiger charge is 2.08. The van der Waals surface area contributed by atoms with E-state index in [1.807, 2.05) is 24.3 Å². The summed E-state index contributed by atoms with van der Waals surface area (Å²) in [6.07, 6.45) is 0. The van der Waals surface area contributed by atoms with Gasteiger partial charge in [0.2, 0.25) is 0 Å². The van der Waals surface area contributed by atoms with Crippen molar-refractivity contribution < 1.29 is 14.3 Å². The molecule has 5 heteroatoms. The van der Waals surface area contributed by atoms with Crippen molar-refractivity contribution in [3.05, 3.63) is 57.7 Å². The van der Waals surface area contributed by atoms with E-state index >= 15 is 0 Å². The summed E-state index contributed by atoms with van der Waals surface area (Å²) in [5, 5.41) is 2.83. The van der Waals surface area contributed by atoms with E-state index in [0.717, 1.165) is 9.26 Å². The van der Waals surface area contributed by atoms with Crippen molar-refractivity contribution in [2.45, 2.75) is 6.92 Å². The predicted molar refractivity (Wildman–Crippen MR) is 84.9 cm³/mol. The van der Waals surface area contributed by atoms with Crippen LogP contribution in [0.25, 0.3) is 0 Å². The minimum atomic E-state index is -0.388. The monoisotopic (exact) mass is 381 g/mol. The van der Waals surface area contributed by atoms with E-state index in [2.05, 4.69) is 27.9 Å². The highest BCUT2D eigenvalue weighted by molar-refractivity contribution is 14.1. The third-order valence-corrected chi connectivity index (χ3v) is 3.44. The van der Waals surface area contributed by atoms with E-state index in [0.29, 0.717) is 11.3 Å². The highest BCUT2D eigenvalue weighted by atomic mass is 127. The van der Waals surface area contributed by atoms with Crippen molar-refractivity contribution in [3.63, 3.8) is 0 Å². The molecule has 4 nitrogen and oxygen atoms in total. The molecule has 0 spiro atoms. The van der Waals surface area contributed by atoms with Crippen LogP contribution in [0.2, 0.25) is 0 Å². The number of rotatable bonds is 3. The Morgan fingerprint density at radius 2 is 1.70 bits per heavy atom. The molecule has 0 radical (unpaired) electrons. The van der Waals surface area contributed by atoms with Gasteiger partial charge in [-0.1, -0.05) is 12.1 Å². The Hall–Kier alpha value is -1.89. The van der Waals surface area contributed by atoms with Gasteiger partial charge in [0.25, 0.3) is 5.91 Å². The first-order valence-corrected chi connectivity index (χ1v) is 6.98. The zero-order chi connectivity index (χ0) is 14.5. The lowest BCUT2D eigenvalue weighted by molar-refractivity contribution is -0.131. The summed E-state index contributed by atoms with van der Waals surface area (Å²) in [5.74, 6) is -0.173. The van der Waals surface area contributed by atoms with E-state index in [4.69, 9.17) is 4.74 Å². The quantitative estimate of drug-likeness (QED) is 0.503. The number of ether oxygens (including phenoxy) is 1. The Labute approximate surface area is 130 Å². The lowest BCUT2D eigenvalue weighted by Gasteiger charge is -2.07. The smallest absolute Gasteiger partial charge is 0.308 e. The number of hydrogen-bond acceptors (Lipinski definition) is 3. The van der Waals surface area contributed by atoms with Crippen LogP contribution in [-0.4, -0.2) is 11.9 Å². The minimum absolute atomic E-state index is 0.205. The maximum absolute atomic E-state index is 12.1. The van der Waals surface area contributed by atoms with Gasteiger partial charge in [0.1, 0.15) is 5.75 Å². The number of nitrogens with one attached hydrogen (secondary N) is 1. The normalized spacial score (nSPS) is 9.90. The molecule has 1 amide bonds. The van der Waals surface area contributed by atoms with Crippen LogP contribution < -0.4 is 10.1 Å². The molecule has 1 N–H and O–H groups in total. The summed E-state index contributed by atoms with van der Waals surface area (Å²) < 4.78 is 5.88. The van der Waals surface area contributed by atoms with Crippen molar-refractivity contribution in [1.29, 1.82) is 0 Å². The van der Waals surface area contributed by atoms with Crippen LogP contribution in [0.1, 0.15) is 17.3 Å². The molecule has 0 bridgehead atoms. The molecule has 2 aromatic carbocycles. The van der Waals surface area contributed by atoms with Crippen LogP contribution in [0.15, 0.2) is 48.5 Å². The van der Waals surface area contributed by atoms with Gasteiger partial charge in [-0.15, -0.1) is 0 Å². The van der Waals surface area contributed by atoms with Crippen molar-refractivity contribution in [1.82, 2.24) is 0 Å². The fourth-order valence-corrected chi connectivity index (χ4v) is 2.12. The summed E-state index contributed by atoms with van der Waals surface area (Å²) in [6.45, 7) is 1.33. The first-order valence-electron chi connectivity index (χ1n) is 5.90. The number of anilines is 1. The molecule has 0 aliphatic rings. The van der Waals surface area contributed by atoms with Crippen LogP contribution in [-0.2, 0) is 4.79 Å². The van der Waals surface area contributed by atoms with Gasteiger partial charge in [0.15, 0.2) is 0 Å². The van der Waals surface area contributed by atoms with Crippen LogP contribution in [0.5, 0.6) is 5.75 Å². The summed E-state index contributed by atoms with van der Waals surface area (Å²) in [7, 11) is 0. The third-order valence-electron chi connectivity index (χ3n) is 2.50. The van der Waals surface area contributed by atoms with E-state index < -0.39 is 0 Å². The summed E-state index contributed by atoms with van der Waals surface area (Å²) in [5.41, 5.74) is 1.27. The van der Waals surface area contributed by atoms with Crippen LogP contribution in [0.4, 0.5) is 5.69 Å². The van der Waals surface area contributed by atoms with Crippen LogP contribution >= 0.6 is 22.6 Å². The SMILES string of the molecule is CC(=O)Oc1ccc(C(=O)Nc2ccccc2I)cc1.